The van der Waals surface area contributed by atoms with Crippen LogP contribution in [0.4, 0.5) is 5.69 Å². The number of hydrogen-bond acceptors (Lipinski definition) is 6. The molecule has 2 N–H and O–H groups in total. The number of anilines is 1. The van der Waals surface area contributed by atoms with Crippen LogP contribution < -0.4 is 10.1 Å². The second-order valence-electron chi connectivity index (χ2n) is 5.69. The van der Waals surface area contributed by atoms with Crippen molar-refractivity contribution in [3.05, 3.63) is 30.1 Å². The summed E-state index contributed by atoms with van der Waals surface area (Å²) in [5, 5.41) is 16.3. The highest BCUT2D eigenvalue weighted by Gasteiger charge is 2.23. The maximum Gasteiger partial charge on any atom is 0.238 e. The summed E-state index contributed by atoms with van der Waals surface area (Å²) in [7, 11) is 2.00. The Kier molecular flexibility index (Phi) is 4.82. The van der Waals surface area contributed by atoms with Crippen molar-refractivity contribution in [2.75, 3.05) is 18.9 Å². The zero-order valence-corrected chi connectivity index (χ0v) is 13.0. The highest BCUT2D eigenvalue weighted by molar-refractivity contribution is 5.92. The lowest BCUT2D eigenvalue weighted by Gasteiger charge is -2.34. The average Bonchev–Trinajstić information content (AvgIpc) is 2.97. The van der Waals surface area contributed by atoms with Crippen LogP contribution in [0.1, 0.15) is 25.1 Å². The molecule has 1 aliphatic rings. The Balaban J connectivity index is 1.45. The minimum absolute atomic E-state index is 0.000125. The standard InChI is InChI=1S/C15H20N6O2/c1-21(12-3-2-4-12)9-15(22)16-11-5-7-13(8-6-11)23-10-14-17-19-20-18-14/h5-8,12H,2-4,9-10H2,1H3,(H,16,22)(H,17,18,19,20). The highest BCUT2D eigenvalue weighted by Crippen LogP contribution is 2.23. The Labute approximate surface area is 134 Å². The monoisotopic (exact) mass is 316 g/mol. The fourth-order valence-electron chi connectivity index (χ4n) is 2.41. The number of likely N-dealkylation sites (N-methyl/N-ethyl adjacent to an activating group) is 1. The lowest BCUT2D eigenvalue weighted by molar-refractivity contribution is -0.117. The number of hydrogen-bond donors (Lipinski definition) is 2. The predicted molar refractivity (Wildman–Crippen MR) is 83.9 cm³/mol. The second kappa shape index (κ2) is 7.19. The van der Waals surface area contributed by atoms with Gasteiger partial charge in [0, 0.05) is 11.7 Å². The first kappa shape index (κ1) is 15.4. The van der Waals surface area contributed by atoms with Crippen LogP contribution in [-0.2, 0) is 11.4 Å². The van der Waals surface area contributed by atoms with Gasteiger partial charge in [0.05, 0.1) is 6.54 Å². The van der Waals surface area contributed by atoms with E-state index >= 15 is 0 Å². The first-order valence-electron chi connectivity index (χ1n) is 7.66. The lowest BCUT2D eigenvalue weighted by Crippen LogP contribution is -2.41. The zero-order valence-electron chi connectivity index (χ0n) is 13.0. The molecule has 3 rings (SSSR count). The third-order valence-corrected chi connectivity index (χ3v) is 3.99. The number of aromatic nitrogens is 4. The summed E-state index contributed by atoms with van der Waals surface area (Å²) < 4.78 is 5.52. The van der Waals surface area contributed by atoms with Gasteiger partial charge >= 0.3 is 0 Å². The van der Waals surface area contributed by atoms with Crippen LogP contribution in [-0.4, -0.2) is 51.1 Å². The summed E-state index contributed by atoms with van der Waals surface area (Å²) in [4.78, 5) is 14.1. The Morgan fingerprint density at radius 3 is 2.78 bits per heavy atom. The van der Waals surface area contributed by atoms with E-state index in [0.717, 1.165) is 5.69 Å². The first-order valence-corrected chi connectivity index (χ1v) is 7.66. The maximum atomic E-state index is 12.0. The number of benzene rings is 1. The maximum absolute atomic E-state index is 12.0. The summed E-state index contributed by atoms with van der Waals surface area (Å²) in [6, 6.07) is 7.78. The number of ether oxygens (including phenoxy) is 1. The Morgan fingerprint density at radius 1 is 1.39 bits per heavy atom. The predicted octanol–water partition coefficient (Wildman–Crippen LogP) is 1.20. The van der Waals surface area contributed by atoms with E-state index < -0.39 is 0 Å². The number of carbonyl (C=O) groups excluding carboxylic acids is 1. The molecule has 1 aromatic heterocycles. The molecule has 1 aromatic carbocycles. The summed E-state index contributed by atoms with van der Waals surface area (Å²) in [5.41, 5.74) is 0.754. The molecule has 2 aromatic rings. The smallest absolute Gasteiger partial charge is 0.238 e. The molecular formula is C15H20N6O2. The van der Waals surface area contributed by atoms with Crippen LogP contribution in [0.15, 0.2) is 24.3 Å². The lowest BCUT2D eigenvalue weighted by atomic mass is 9.92. The number of aromatic amines is 1. The number of rotatable bonds is 7. The van der Waals surface area contributed by atoms with Crippen LogP contribution in [0.2, 0.25) is 0 Å². The van der Waals surface area contributed by atoms with E-state index in [9.17, 15) is 4.79 Å². The minimum Gasteiger partial charge on any atom is -0.485 e. The van der Waals surface area contributed by atoms with E-state index in [-0.39, 0.29) is 12.5 Å². The van der Waals surface area contributed by atoms with Gasteiger partial charge in [-0.2, -0.15) is 5.21 Å². The Hall–Kier alpha value is -2.48. The molecule has 0 saturated heterocycles. The molecule has 122 valence electrons. The normalized spacial score (nSPS) is 14.5. The van der Waals surface area contributed by atoms with Gasteiger partial charge in [0.1, 0.15) is 5.75 Å². The topological polar surface area (TPSA) is 96.0 Å². The van der Waals surface area contributed by atoms with Gasteiger partial charge in [-0.15, -0.1) is 10.2 Å². The number of nitrogens with one attached hydrogen (secondary N) is 2. The molecule has 0 bridgehead atoms. The SMILES string of the molecule is CN(CC(=O)Nc1ccc(OCc2nn[nH]n2)cc1)C1CCC1. The van der Waals surface area contributed by atoms with Crippen molar-refractivity contribution in [3.8, 4) is 5.75 Å². The van der Waals surface area contributed by atoms with Crippen molar-refractivity contribution in [2.45, 2.75) is 31.9 Å². The van der Waals surface area contributed by atoms with E-state index in [2.05, 4.69) is 30.8 Å². The van der Waals surface area contributed by atoms with Crippen LogP contribution in [0.3, 0.4) is 0 Å². The molecule has 0 unspecified atom stereocenters. The van der Waals surface area contributed by atoms with Crippen LogP contribution >= 0.6 is 0 Å². The van der Waals surface area contributed by atoms with Crippen molar-refractivity contribution < 1.29 is 9.53 Å². The first-order chi connectivity index (χ1) is 11.2. The molecule has 0 radical (unpaired) electrons. The van der Waals surface area contributed by atoms with Gasteiger partial charge in [0.25, 0.3) is 0 Å². The molecule has 1 amide bonds. The van der Waals surface area contributed by atoms with Gasteiger partial charge in [-0.1, -0.05) is 11.6 Å². The molecule has 1 saturated carbocycles. The number of tetrazole rings is 1. The van der Waals surface area contributed by atoms with Crippen molar-refractivity contribution >= 4 is 11.6 Å². The molecule has 1 fully saturated rings. The van der Waals surface area contributed by atoms with E-state index in [4.69, 9.17) is 4.74 Å². The highest BCUT2D eigenvalue weighted by atomic mass is 16.5. The molecule has 1 aliphatic carbocycles. The fourth-order valence-corrected chi connectivity index (χ4v) is 2.41. The van der Waals surface area contributed by atoms with E-state index in [0.29, 0.717) is 24.2 Å². The molecule has 0 aliphatic heterocycles. The molecule has 1 heterocycles. The molecule has 8 heteroatoms. The van der Waals surface area contributed by atoms with Crippen molar-refractivity contribution in [3.63, 3.8) is 0 Å². The van der Waals surface area contributed by atoms with Crippen molar-refractivity contribution in [1.29, 1.82) is 0 Å². The average molecular weight is 316 g/mol. The van der Waals surface area contributed by atoms with Gasteiger partial charge in [0.15, 0.2) is 6.61 Å². The Morgan fingerprint density at radius 2 is 2.17 bits per heavy atom. The Bertz CT molecular complexity index is 624. The van der Waals surface area contributed by atoms with Crippen LogP contribution in [0.5, 0.6) is 5.75 Å². The van der Waals surface area contributed by atoms with Gasteiger partial charge < -0.3 is 10.1 Å². The molecule has 23 heavy (non-hydrogen) atoms. The van der Waals surface area contributed by atoms with E-state index in [1.54, 1.807) is 12.1 Å². The van der Waals surface area contributed by atoms with Gasteiger partial charge in [-0.3, -0.25) is 9.69 Å². The summed E-state index contributed by atoms with van der Waals surface area (Å²) in [6.45, 7) is 0.662. The minimum atomic E-state index is -0.000125. The number of carbonyl (C=O) groups is 1. The molecular weight excluding hydrogens is 296 g/mol. The summed E-state index contributed by atoms with van der Waals surface area (Å²) in [6.07, 6.45) is 3.65. The van der Waals surface area contributed by atoms with E-state index in [1.165, 1.54) is 19.3 Å². The largest absolute Gasteiger partial charge is 0.485 e. The van der Waals surface area contributed by atoms with E-state index in [1.807, 2.05) is 19.2 Å². The second-order valence-corrected chi connectivity index (χ2v) is 5.69. The van der Waals surface area contributed by atoms with Gasteiger partial charge in [-0.05, 0) is 44.2 Å². The van der Waals surface area contributed by atoms with Crippen LogP contribution in [0, 0.1) is 0 Å². The number of H-pyrrole nitrogens is 1. The molecule has 0 atom stereocenters. The number of amides is 1. The molecule has 0 spiro atoms. The van der Waals surface area contributed by atoms with Gasteiger partial charge in [0.2, 0.25) is 11.7 Å². The summed E-state index contributed by atoms with van der Waals surface area (Å²) >= 11 is 0. The third-order valence-electron chi connectivity index (χ3n) is 3.99. The fraction of sp³-hybridized carbons (Fsp3) is 0.467. The number of nitrogens with zero attached hydrogens (tertiary/aromatic N) is 4. The van der Waals surface area contributed by atoms with Crippen molar-refractivity contribution in [1.82, 2.24) is 25.5 Å². The van der Waals surface area contributed by atoms with Crippen LogP contribution in [0.25, 0.3) is 0 Å². The molecule has 8 nitrogen and oxygen atoms in total. The quantitative estimate of drug-likeness (QED) is 0.797. The zero-order chi connectivity index (χ0) is 16.1. The third kappa shape index (κ3) is 4.26. The summed E-state index contributed by atoms with van der Waals surface area (Å²) in [5.74, 6) is 1.17. The van der Waals surface area contributed by atoms with Crippen molar-refractivity contribution in [2.24, 2.45) is 0 Å². The van der Waals surface area contributed by atoms with Gasteiger partial charge in [-0.25, -0.2) is 0 Å².